The second-order valence-electron chi connectivity index (χ2n) is 4.29. The van der Waals surface area contributed by atoms with E-state index in [0.29, 0.717) is 0 Å². The standard InChI is InChI=1S/C14H16N2O6/c1-5-19-13(17)9-7(3)21-11(15-9)12-16-10(8(4)22-12)14(18)20-6-2/h5-6H2,1-4H3. The summed E-state index contributed by atoms with van der Waals surface area (Å²) >= 11 is 0. The van der Waals surface area contributed by atoms with Crippen LogP contribution >= 0.6 is 0 Å². The Morgan fingerprint density at radius 1 is 0.864 bits per heavy atom. The molecule has 8 heteroatoms. The Kier molecular flexibility index (Phi) is 4.59. The summed E-state index contributed by atoms with van der Waals surface area (Å²) in [6, 6.07) is 0. The average Bonchev–Trinajstić information content (AvgIpc) is 3.02. The van der Waals surface area contributed by atoms with Gasteiger partial charge in [-0.05, 0) is 27.7 Å². The van der Waals surface area contributed by atoms with Gasteiger partial charge in [0.2, 0.25) is 0 Å². The molecule has 0 N–H and O–H groups in total. The number of carbonyl (C=O) groups is 2. The Morgan fingerprint density at radius 2 is 1.23 bits per heavy atom. The summed E-state index contributed by atoms with van der Waals surface area (Å²) in [5.41, 5.74) is 0.0933. The Bertz CT molecular complexity index is 640. The molecule has 0 amide bonds. The molecule has 0 saturated heterocycles. The molecule has 0 aromatic carbocycles. The van der Waals surface area contributed by atoms with Crippen molar-refractivity contribution in [2.45, 2.75) is 27.7 Å². The molecule has 8 nitrogen and oxygen atoms in total. The molecule has 0 aliphatic heterocycles. The second-order valence-corrected chi connectivity index (χ2v) is 4.29. The summed E-state index contributed by atoms with van der Waals surface area (Å²) in [7, 11) is 0. The number of hydrogen-bond donors (Lipinski definition) is 0. The number of esters is 2. The number of ether oxygens (including phenoxy) is 2. The van der Waals surface area contributed by atoms with Gasteiger partial charge in [-0.15, -0.1) is 0 Å². The fourth-order valence-corrected chi connectivity index (χ4v) is 1.75. The van der Waals surface area contributed by atoms with E-state index in [9.17, 15) is 9.59 Å². The molecular formula is C14H16N2O6. The summed E-state index contributed by atoms with van der Waals surface area (Å²) in [6.45, 7) is 6.99. The highest BCUT2D eigenvalue weighted by Gasteiger charge is 2.25. The highest BCUT2D eigenvalue weighted by molar-refractivity contribution is 5.89. The predicted molar refractivity (Wildman–Crippen MR) is 73.4 cm³/mol. The maximum Gasteiger partial charge on any atom is 0.360 e. The van der Waals surface area contributed by atoms with Gasteiger partial charge < -0.3 is 18.3 Å². The lowest BCUT2D eigenvalue weighted by molar-refractivity contribution is 0.0508. The summed E-state index contributed by atoms with van der Waals surface area (Å²) < 4.78 is 20.5. The first-order valence-corrected chi connectivity index (χ1v) is 6.77. The van der Waals surface area contributed by atoms with Crippen molar-refractivity contribution in [1.29, 1.82) is 0 Å². The van der Waals surface area contributed by atoms with Gasteiger partial charge in [0, 0.05) is 0 Å². The lowest BCUT2D eigenvalue weighted by Gasteiger charge is -1.96. The first-order chi connectivity index (χ1) is 10.5. The van der Waals surface area contributed by atoms with Crippen LogP contribution in [-0.2, 0) is 9.47 Å². The number of carbonyl (C=O) groups excluding carboxylic acids is 2. The molecule has 118 valence electrons. The zero-order valence-electron chi connectivity index (χ0n) is 12.8. The van der Waals surface area contributed by atoms with Gasteiger partial charge in [-0.3, -0.25) is 0 Å². The smallest absolute Gasteiger partial charge is 0.360 e. The SMILES string of the molecule is CCOC(=O)c1nc(-c2nc(C(=O)OCC)c(C)o2)oc1C. The van der Waals surface area contributed by atoms with Crippen LogP contribution in [0.1, 0.15) is 46.3 Å². The van der Waals surface area contributed by atoms with E-state index in [-0.39, 0.29) is 47.9 Å². The maximum atomic E-state index is 11.7. The van der Waals surface area contributed by atoms with Crippen LogP contribution in [0.5, 0.6) is 0 Å². The molecular weight excluding hydrogens is 292 g/mol. The highest BCUT2D eigenvalue weighted by Crippen LogP contribution is 2.24. The molecule has 2 heterocycles. The molecule has 0 atom stereocenters. The molecule has 0 aliphatic carbocycles. The van der Waals surface area contributed by atoms with Crippen molar-refractivity contribution >= 4 is 11.9 Å². The van der Waals surface area contributed by atoms with E-state index in [1.54, 1.807) is 27.7 Å². The molecule has 0 saturated carbocycles. The number of nitrogens with zero attached hydrogens (tertiary/aromatic N) is 2. The molecule has 0 unspecified atom stereocenters. The van der Waals surface area contributed by atoms with E-state index in [1.807, 2.05) is 0 Å². The van der Waals surface area contributed by atoms with E-state index in [2.05, 4.69) is 9.97 Å². The molecule has 0 bridgehead atoms. The summed E-state index contributed by atoms with van der Waals surface area (Å²) in [5, 5.41) is 0. The Balaban J connectivity index is 2.33. The van der Waals surface area contributed by atoms with Gasteiger partial charge in [0.05, 0.1) is 13.2 Å². The third-order valence-electron chi connectivity index (χ3n) is 2.71. The van der Waals surface area contributed by atoms with Gasteiger partial charge in [0.25, 0.3) is 11.8 Å². The minimum Gasteiger partial charge on any atom is -0.461 e. The van der Waals surface area contributed by atoms with Crippen LogP contribution < -0.4 is 0 Å². The van der Waals surface area contributed by atoms with E-state index < -0.39 is 11.9 Å². The third kappa shape index (κ3) is 3.00. The third-order valence-corrected chi connectivity index (χ3v) is 2.71. The normalized spacial score (nSPS) is 10.5. The van der Waals surface area contributed by atoms with Crippen molar-refractivity contribution < 1.29 is 27.9 Å². The maximum absolute atomic E-state index is 11.7. The highest BCUT2D eigenvalue weighted by atomic mass is 16.5. The molecule has 2 aromatic rings. The van der Waals surface area contributed by atoms with Crippen LogP contribution in [0.15, 0.2) is 8.83 Å². The number of aromatic nitrogens is 2. The average molecular weight is 308 g/mol. The fraction of sp³-hybridized carbons (Fsp3) is 0.429. The molecule has 0 fully saturated rings. The van der Waals surface area contributed by atoms with Crippen molar-refractivity contribution in [1.82, 2.24) is 9.97 Å². The van der Waals surface area contributed by atoms with Crippen LogP contribution in [0.3, 0.4) is 0 Å². The molecule has 22 heavy (non-hydrogen) atoms. The van der Waals surface area contributed by atoms with Gasteiger partial charge in [-0.1, -0.05) is 0 Å². The summed E-state index contributed by atoms with van der Waals surface area (Å²) in [6.07, 6.45) is 0. The number of hydrogen-bond acceptors (Lipinski definition) is 8. The lowest BCUT2D eigenvalue weighted by atomic mass is 10.4. The van der Waals surface area contributed by atoms with Crippen molar-refractivity contribution in [3.8, 4) is 11.8 Å². The second kappa shape index (κ2) is 6.42. The number of rotatable bonds is 5. The van der Waals surface area contributed by atoms with Gasteiger partial charge in [0.15, 0.2) is 11.4 Å². The van der Waals surface area contributed by atoms with E-state index >= 15 is 0 Å². The number of aryl methyl sites for hydroxylation is 2. The lowest BCUT2D eigenvalue weighted by Crippen LogP contribution is -2.06. The van der Waals surface area contributed by atoms with E-state index in [0.717, 1.165) is 0 Å². The van der Waals surface area contributed by atoms with Crippen LogP contribution in [0.25, 0.3) is 11.8 Å². The molecule has 0 spiro atoms. The fourth-order valence-electron chi connectivity index (χ4n) is 1.75. The summed E-state index contributed by atoms with van der Waals surface area (Å²) in [4.78, 5) is 31.4. The van der Waals surface area contributed by atoms with Crippen molar-refractivity contribution in [2.75, 3.05) is 13.2 Å². The van der Waals surface area contributed by atoms with Crippen molar-refractivity contribution in [2.24, 2.45) is 0 Å². The van der Waals surface area contributed by atoms with Crippen LogP contribution in [0.2, 0.25) is 0 Å². The minimum atomic E-state index is -0.594. The Morgan fingerprint density at radius 3 is 1.55 bits per heavy atom. The van der Waals surface area contributed by atoms with Crippen molar-refractivity contribution in [3.05, 3.63) is 22.9 Å². The Labute approximate surface area is 126 Å². The van der Waals surface area contributed by atoms with Gasteiger partial charge in [-0.25, -0.2) is 9.59 Å². The first kappa shape index (κ1) is 15.7. The topological polar surface area (TPSA) is 105 Å². The monoisotopic (exact) mass is 308 g/mol. The molecule has 2 rings (SSSR count). The first-order valence-electron chi connectivity index (χ1n) is 6.77. The van der Waals surface area contributed by atoms with E-state index in [1.165, 1.54) is 0 Å². The zero-order valence-corrected chi connectivity index (χ0v) is 12.8. The quantitative estimate of drug-likeness (QED) is 0.775. The van der Waals surface area contributed by atoms with Crippen LogP contribution in [0.4, 0.5) is 0 Å². The van der Waals surface area contributed by atoms with Gasteiger partial charge >= 0.3 is 11.9 Å². The molecule has 2 aromatic heterocycles. The van der Waals surface area contributed by atoms with Crippen LogP contribution in [-0.4, -0.2) is 35.1 Å². The largest absolute Gasteiger partial charge is 0.461 e. The predicted octanol–water partition coefficient (Wildman–Crippen LogP) is 2.30. The molecule has 0 aliphatic rings. The van der Waals surface area contributed by atoms with Crippen molar-refractivity contribution in [3.63, 3.8) is 0 Å². The number of oxazole rings is 2. The summed E-state index contributed by atoms with van der Waals surface area (Å²) in [5.74, 6) is -0.629. The Hall–Kier alpha value is -2.64. The molecule has 0 radical (unpaired) electrons. The van der Waals surface area contributed by atoms with E-state index in [4.69, 9.17) is 18.3 Å². The van der Waals surface area contributed by atoms with Gasteiger partial charge in [-0.2, -0.15) is 9.97 Å². The minimum absolute atomic E-state index is 0.000739. The van der Waals surface area contributed by atoms with Crippen LogP contribution in [0, 0.1) is 13.8 Å². The zero-order chi connectivity index (χ0) is 16.3. The van der Waals surface area contributed by atoms with Gasteiger partial charge in [0.1, 0.15) is 11.5 Å².